The minimum absolute atomic E-state index is 0.862. The summed E-state index contributed by atoms with van der Waals surface area (Å²) in [7, 11) is 1.94. The molecule has 3 aromatic carbocycles. The lowest BCUT2D eigenvalue weighted by Gasteiger charge is -2.09. The van der Waals surface area contributed by atoms with Crippen LogP contribution >= 0.6 is 0 Å². The summed E-state index contributed by atoms with van der Waals surface area (Å²) >= 11 is 0. The summed E-state index contributed by atoms with van der Waals surface area (Å²) in [5.74, 6) is 1.76. The fraction of sp³-hybridized carbons (Fsp3) is 0.111. The molecule has 0 amide bonds. The van der Waals surface area contributed by atoms with Gasteiger partial charge in [0.05, 0.1) is 0 Å². The molecule has 0 aliphatic heterocycles. The van der Waals surface area contributed by atoms with Gasteiger partial charge in [0.2, 0.25) is 0 Å². The van der Waals surface area contributed by atoms with Gasteiger partial charge in [0.25, 0.3) is 0 Å². The molecule has 0 atom stereocenters. The highest BCUT2D eigenvalue weighted by Gasteiger charge is 2.02. The molecule has 100 valence electrons. The molecular formula is C18H17NO. The van der Waals surface area contributed by atoms with Crippen LogP contribution in [0, 0.1) is 0 Å². The van der Waals surface area contributed by atoms with E-state index in [-0.39, 0.29) is 0 Å². The highest BCUT2D eigenvalue weighted by molar-refractivity contribution is 5.88. The predicted octanol–water partition coefficient (Wildman–Crippen LogP) is 4.35. The van der Waals surface area contributed by atoms with Crippen LogP contribution in [0.4, 0.5) is 0 Å². The SMILES string of the molecule is CNCc1ccc(Oc2cccc3ccccc23)cc1. The van der Waals surface area contributed by atoms with E-state index in [0.29, 0.717) is 0 Å². The second-order valence-corrected chi connectivity index (χ2v) is 4.75. The summed E-state index contributed by atoms with van der Waals surface area (Å²) in [6.07, 6.45) is 0. The van der Waals surface area contributed by atoms with Gasteiger partial charge in [-0.2, -0.15) is 0 Å². The molecule has 0 aliphatic carbocycles. The van der Waals surface area contributed by atoms with Gasteiger partial charge in [-0.3, -0.25) is 0 Å². The van der Waals surface area contributed by atoms with Crippen molar-refractivity contribution < 1.29 is 4.74 Å². The van der Waals surface area contributed by atoms with Gasteiger partial charge in [0.15, 0.2) is 0 Å². The lowest BCUT2D eigenvalue weighted by Crippen LogP contribution is -2.04. The molecular weight excluding hydrogens is 246 g/mol. The lowest BCUT2D eigenvalue weighted by molar-refractivity contribution is 0.488. The van der Waals surface area contributed by atoms with Crippen molar-refractivity contribution in [3.63, 3.8) is 0 Å². The zero-order chi connectivity index (χ0) is 13.8. The van der Waals surface area contributed by atoms with Gasteiger partial charge in [0.1, 0.15) is 11.5 Å². The maximum atomic E-state index is 6.00. The maximum absolute atomic E-state index is 6.00. The van der Waals surface area contributed by atoms with Gasteiger partial charge in [0, 0.05) is 11.9 Å². The van der Waals surface area contributed by atoms with Crippen molar-refractivity contribution in [1.82, 2.24) is 5.32 Å². The third-order valence-electron chi connectivity index (χ3n) is 3.28. The van der Waals surface area contributed by atoms with E-state index in [0.717, 1.165) is 23.4 Å². The molecule has 3 rings (SSSR count). The molecule has 0 saturated carbocycles. The first-order valence-electron chi connectivity index (χ1n) is 6.76. The first-order chi connectivity index (χ1) is 9.86. The summed E-state index contributed by atoms with van der Waals surface area (Å²) in [6.45, 7) is 0.870. The van der Waals surface area contributed by atoms with Crippen LogP contribution in [0.3, 0.4) is 0 Å². The van der Waals surface area contributed by atoms with E-state index >= 15 is 0 Å². The molecule has 0 saturated heterocycles. The topological polar surface area (TPSA) is 21.3 Å². The van der Waals surface area contributed by atoms with Crippen molar-refractivity contribution in [3.05, 3.63) is 72.3 Å². The van der Waals surface area contributed by atoms with Crippen molar-refractivity contribution in [2.24, 2.45) is 0 Å². The Morgan fingerprint density at radius 3 is 2.40 bits per heavy atom. The molecule has 0 bridgehead atoms. The molecule has 2 heteroatoms. The molecule has 1 N–H and O–H groups in total. The smallest absolute Gasteiger partial charge is 0.135 e. The van der Waals surface area contributed by atoms with Crippen LogP contribution in [0.15, 0.2) is 66.7 Å². The van der Waals surface area contributed by atoms with Gasteiger partial charge in [-0.15, -0.1) is 0 Å². The van der Waals surface area contributed by atoms with E-state index in [1.807, 2.05) is 43.4 Å². The Balaban J connectivity index is 1.89. The monoisotopic (exact) mass is 263 g/mol. The molecule has 0 aromatic heterocycles. The number of ether oxygens (including phenoxy) is 1. The van der Waals surface area contributed by atoms with E-state index in [2.05, 4.69) is 35.6 Å². The average Bonchev–Trinajstić information content (AvgIpc) is 2.50. The highest BCUT2D eigenvalue weighted by atomic mass is 16.5. The van der Waals surface area contributed by atoms with Gasteiger partial charge >= 0.3 is 0 Å². The summed E-state index contributed by atoms with van der Waals surface area (Å²) in [5.41, 5.74) is 1.25. The van der Waals surface area contributed by atoms with E-state index in [1.54, 1.807) is 0 Å². The first-order valence-corrected chi connectivity index (χ1v) is 6.76. The van der Waals surface area contributed by atoms with Crippen molar-refractivity contribution >= 4 is 10.8 Å². The zero-order valence-corrected chi connectivity index (χ0v) is 11.5. The number of fused-ring (bicyclic) bond motifs is 1. The van der Waals surface area contributed by atoms with Crippen LogP contribution in [0.2, 0.25) is 0 Å². The molecule has 2 nitrogen and oxygen atoms in total. The van der Waals surface area contributed by atoms with Crippen molar-refractivity contribution in [3.8, 4) is 11.5 Å². The van der Waals surface area contributed by atoms with Crippen LogP contribution in [-0.4, -0.2) is 7.05 Å². The summed E-state index contributed by atoms with van der Waals surface area (Å²) < 4.78 is 6.00. The van der Waals surface area contributed by atoms with E-state index in [4.69, 9.17) is 4.74 Å². The lowest BCUT2D eigenvalue weighted by atomic mass is 10.1. The molecule has 20 heavy (non-hydrogen) atoms. The number of nitrogens with one attached hydrogen (secondary N) is 1. The molecule has 0 unspecified atom stereocenters. The van der Waals surface area contributed by atoms with E-state index < -0.39 is 0 Å². The first kappa shape index (κ1) is 12.7. The minimum Gasteiger partial charge on any atom is -0.457 e. The van der Waals surface area contributed by atoms with Crippen LogP contribution in [0.5, 0.6) is 11.5 Å². The van der Waals surface area contributed by atoms with Crippen LogP contribution < -0.4 is 10.1 Å². The second-order valence-electron chi connectivity index (χ2n) is 4.75. The molecule has 0 radical (unpaired) electrons. The van der Waals surface area contributed by atoms with Gasteiger partial charge in [-0.1, -0.05) is 48.5 Å². The van der Waals surface area contributed by atoms with Crippen molar-refractivity contribution in [2.45, 2.75) is 6.54 Å². The zero-order valence-electron chi connectivity index (χ0n) is 11.5. The van der Waals surface area contributed by atoms with Gasteiger partial charge in [-0.05, 0) is 36.2 Å². The Morgan fingerprint density at radius 1 is 0.850 bits per heavy atom. The molecule has 0 heterocycles. The fourth-order valence-electron chi connectivity index (χ4n) is 2.29. The highest BCUT2D eigenvalue weighted by Crippen LogP contribution is 2.29. The quantitative estimate of drug-likeness (QED) is 0.755. The van der Waals surface area contributed by atoms with Crippen LogP contribution in [0.1, 0.15) is 5.56 Å². The van der Waals surface area contributed by atoms with Crippen LogP contribution in [0.25, 0.3) is 10.8 Å². The number of benzene rings is 3. The Kier molecular flexibility index (Phi) is 3.66. The van der Waals surface area contributed by atoms with Gasteiger partial charge in [-0.25, -0.2) is 0 Å². The number of hydrogen-bond acceptors (Lipinski definition) is 2. The Labute approximate surface area is 119 Å². The Bertz CT molecular complexity index is 699. The van der Waals surface area contributed by atoms with Gasteiger partial charge < -0.3 is 10.1 Å². The van der Waals surface area contributed by atoms with Crippen molar-refractivity contribution in [1.29, 1.82) is 0 Å². The largest absolute Gasteiger partial charge is 0.457 e. The average molecular weight is 263 g/mol. The predicted molar refractivity (Wildman–Crippen MR) is 83.2 cm³/mol. The second kappa shape index (κ2) is 5.76. The van der Waals surface area contributed by atoms with E-state index in [1.165, 1.54) is 10.9 Å². The normalized spacial score (nSPS) is 10.7. The fourth-order valence-corrected chi connectivity index (χ4v) is 2.29. The third-order valence-corrected chi connectivity index (χ3v) is 3.28. The Morgan fingerprint density at radius 2 is 1.60 bits per heavy atom. The molecule has 0 fully saturated rings. The maximum Gasteiger partial charge on any atom is 0.135 e. The minimum atomic E-state index is 0.862. The summed E-state index contributed by atoms with van der Waals surface area (Å²) in [5, 5.41) is 5.46. The number of hydrogen-bond donors (Lipinski definition) is 1. The molecule has 0 spiro atoms. The third kappa shape index (κ3) is 2.65. The molecule has 0 aliphatic rings. The van der Waals surface area contributed by atoms with Crippen LogP contribution in [-0.2, 0) is 6.54 Å². The number of rotatable bonds is 4. The molecule has 3 aromatic rings. The van der Waals surface area contributed by atoms with Crippen molar-refractivity contribution in [2.75, 3.05) is 7.05 Å². The Hall–Kier alpha value is -2.32. The summed E-state index contributed by atoms with van der Waals surface area (Å²) in [4.78, 5) is 0. The van der Waals surface area contributed by atoms with E-state index in [9.17, 15) is 0 Å². The standard InChI is InChI=1S/C18H17NO/c1-19-13-14-9-11-16(12-10-14)20-18-8-4-6-15-5-2-3-7-17(15)18/h2-12,19H,13H2,1H3. The summed E-state index contributed by atoms with van der Waals surface area (Å²) in [6, 6.07) is 22.5.